The summed E-state index contributed by atoms with van der Waals surface area (Å²) in [4.78, 5) is 22.9. The second-order valence-electron chi connectivity index (χ2n) is 9.20. The van der Waals surface area contributed by atoms with Crippen LogP contribution in [-0.2, 0) is 14.3 Å². The largest absolute Gasteiger partial charge is 0.481 e. The van der Waals surface area contributed by atoms with Crippen molar-refractivity contribution in [1.82, 2.24) is 0 Å². The van der Waals surface area contributed by atoms with Crippen molar-refractivity contribution < 1.29 is 23.9 Å². The number of aliphatic carboxylic acids is 1. The Balaban J connectivity index is 3.78. The molecule has 174 valence electrons. The molecule has 5 heteroatoms. The molecule has 1 atom stereocenters. The maximum atomic E-state index is 11.9. The Kier molecular flexibility index (Phi) is 17.2. The second-order valence-corrected chi connectivity index (χ2v) is 9.20. The van der Waals surface area contributed by atoms with E-state index in [9.17, 15) is 9.59 Å². The molecule has 1 unspecified atom stereocenters. The Morgan fingerprint density at radius 1 is 0.833 bits per heavy atom. The fourth-order valence-electron chi connectivity index (χ4n) is 3.31. The molecule has 0 aromatic rings. The van der Waals surface area contributed by atoms with Gasteiger partial charge in [-0.1, -0.05) is 63.7 Å². The average Bonchev–Trinajstić information content (AvgIpc) is 2.63. The maximum Gasteiger partial charge on any atom is 0.330 e. The third kappa shape index (κ3) is 21.1. The van der Waals surface area contributed by atoms with E-state index in [0.717, 1.165) is 25.7 Å². The van der Waals surface area contributed by atoms with E-state index in [1.54, 1.807) is 0 Å². The minimum atomic E-state index is -0.953. The number of nitrogens with zero attached hydrogens (tertiary/aromatic N) is 1. The molecule has 5 nitrogen and oxygen atoms in total. The van der Waals surface area contributed by atoms with Crippen molar-refractivity contribution in [3.05, 3.63) is 24.3 Å². The van der Waals surface area contributed by atoms with Gasteiger partial charge in [-0.05, 0) is 38.5 Å². The van der Waals surface area contributed by atoms with Crippen LogP contribution in [0.5, 0.6) is 0 Å². The predicted octanol–water partition coefficient (Wildman–Crippen LogP) is 5.89. The number of carbonyl (C=O) groups excluding carboxylic acids is 1. The fraction of sp³-hybridized carbons (Fsp3) is 0.760. The fourth-order valence-corrected chi connectivity index (χ4v) is 3.31. The van der Waals surface area contributed by atoms with Crippen LogP contribution in [0, 0.1) is 0 Å². The highest BCUT2D eigenvalue weighted by atomic mass is 16.5. The summed E-state index contributed by atoms with van der Waals surface area (Å²) in [5, 5.41) is 8.99. The van der Waals surface area contributed by atoms with Gasteiger partial charge in [-0.2, -0.15) is 0 Å². The minimum absolute atomic E-state index is 0.166. The maximum absolute atomic E-state index is 11.9. The first-order valence-electron chi connectivity index (χ1n) is 11.8. The highest BCUT2D eigenvalue weighted by Crippen LogP contribution is 2.10. The Bertz CT molecular complexity index is 506. The number of carboxylic acids is 1. The molecule has 0 aliphatic heterocycles. The molecule has 0 rings (SSSR count). The van der Waals surface area contributed by atoms with Crippen molar-refractivity contribution in [2.75, 3.05) is 27.7 Å². The van der Waals surface area contributed by atoms with Crippen molar-refractivity contribution in [3.8, 4) is 0 Å². The molecule has 0 aromatic heterocycles. The van der Waals surface area contributed by atoms with Crippen molar-refractivity contribution >= 4 is 11.9 Å². The third-order valence-electron chi connectivity index (χ3n) is 4.82. The van der Waals surface area contributed by atoms with Crippen molar-refractivity contribution in [1.29, 1.82) is 0 Å². The van der Waals surface area contributed by atoms with Crippen LogP contribution in [0.25, 0.3) is 0 Å². The first-order valence-corrected chi connectivity index (χ1v) is 11.8. The molecular formula is C25H46NO4+. The molecular weight excluding hydrogens is 378 g/mol. The van der Waals surface area contributed by atoms with Gasteiger partial charge >= 0.3 is 11.9 Å². The van der Waals surface area contributed by atoms with Crippen molar-refractivity contribution in [2.45, 2.75) is 96.5 Å². The zero-order chi connectivity index (χ0) is 22.7. The standard InChI is InChI=1S/C25H45NO4/c1-5-6-7-8-9-10-11-12-13-14-15-16-17-18-19-20-25(29)30-23(21-24(27)28)22-26(2,3)4/h13-14,19-20,23H,5-12,15-18,21-22H2,1-4H3/p+1. The molecule has 0 saturated carbocycles. The van der Waals surface area contributed by atoms with E-state index < -0.39 is 18.0 Å². The minimum Gasteiger partial charge on any atom is -0.481 e. The molecule has 30 heavy (non-hydrogen) atoms. The number of hydrogen-bond donors (Lipinski definition) is 1. The van der Waals surface area contributed by atoms with Gasteiger partial charge in [-0.15, -0.1) is 0 Å². The zero-order valence-electron chi connectivity index (χ0n) is 19.9. The lowest BCUT2D eigenvalue weighted by molar-refractivity contribution is -0.873. The molecule has 0 spiro atoms. The number of unbranched alkanes of at least 4 members (excludes halogenated alkanes) is 10. The van der Waals surface area contributed by atoms with Crippen LogP contribution in [0.1, 0.15) is 90.4 Å². The zero-order valence-corrected chi connectivity index (χ0v) is 19.9. The number of esters is 1. The van der Waals surface area contributed by atoms with Crippen LogP contribution in [0.4, 0.5) is 0 Å². The number of carboxylic acid groups (broad SMARTS) is 1. The molecule has 0 heterocycles. The van der Waals surface area contributed by atoms with Crippen molar-refractivity contribution in [2.24, 2.45) is 0 Å². The second kappa shape index (κ2) is 18.2. The Morgan fingerprint density at radius 2 is 1.33 bits per heavy atom. The topological polar surface area (TPSA) is 63.6 Å². The molecule has 0 aliphatic rings. The van der Waals surface area contributed by atoms with E-state index >= 15 is 0 Å². The van der Waals surface area contributed by atoms with Gasteiger partial charge in [0.2, 0.25) is 0 Å². The van der Waals surface area contributed by atoms with Crippen LogP contribution in [0.15, 0.2) is 24.3 Å². The number of hydrogen-bond acceptors (Lipinski definition) is 3. The summed E-state index contributed by atoms with van der Waals surface area (Å²) < 4.78 is 5.87. The lowest BCUT2D eigenvalue weighted by atomic mass is 10.1. The average molecular weight is 425 g/mol. The van der Waals surface area contributed by atoms with E-state index in [1.165, 1.54) is 57.4 Å². The SMILES string of the molecule is CCCCCCCCCC=CCCCCC=CC(=O)OC(CC(=O)O)C[N+](C)(C)C. The smallest absolute Gasteiger partial charge is 0.330 e. The van der Waals surface area contributed by atoms with Crippen LogP contribution in [0.3, 0.4) is 0 Å². The molecule has 0 aromatic carbocycles. The van der Waals surface area contributed by atoms with Crippen molar-refractivity contribution in [3.63, 3.8) is 0 Å². The van der Waals surface area contributed by atoms with Crippen LogP contribution in [0.2, 0.25) is 0 Å². The van der Waals surface area contributed by atoms with E-state index in [4.69, 9.17) is 9.84 Å². The molecule has 0 aliphatic carbocycles. The van der Waals surface area contributed by atoms with Gasteiger partial charge in [0.1, 0.15) is 6.54 Å². The highest BCUT2D eigenvalue weighted by molar-refractivity contribution is 5.82. The molecule has 0 fully saturated rings. The number of carbonyl (C=O) groups is 2. The van der Waals surface area contributed by atoms with Gasteiger partial charge < -0.3 is 14.3 Å². The van der Waals surface area contributed by atoms with E-state index in [-0.39, 0.29) is 6.42 Å². The normalized spacial score (nSPS) is 13.2. The highest BCUT2D eigenvalue weighted by Gasteiger charge is 2.23. The van der Waals surface area contributed by atoms with Gasteiger partial charge in [0.05, 0.1) is 27.6 Å². The van der Waals surface area contributed by atoms with Crippen LogP contribution < -0.4 is 0 Å². The van der Waals surface area contributed by atoms with Gasteiger partial charge in [-0.3, -0.25) is 4.79 Å². The first-order chi connectivity index (χ1) is 14.2. The summed E-state index contributed by atoms with van der Waals surface area (Å²) in [5.41, 5.74) is 0. The molecule has 0 saturated heterocycles. The van der Waals surface area contributed by atoms with E-state index in [1.807, 2.05) is 27.2 Å². The summed E-state index contributed by atoms with van der Waals surface area (Å²) in [7, 11) is 5.84. The summed E-state index contributed by atoms with van der Waals surface area (Å²) in [6, 6.07) is 0. The number of likely N-dealkylation sites (N-methyl/N-ethyl adjacent to an activating group) is 1. The van der Waals surface area contributed by atoms with Gasteiger partial charge in [0, 0.05) is 6.08 Å². The molecule has 0 amide bonds. The number of ether oxygens (including phenoxy) is 1. The monoisotopic (exact) mass is 424 g/mol. The van der Waals surface area contributed by atoms with Gasteiger partial charge in [0.15, 0.2) is 6.10 Å². The Labute approximate surface area is 184 Å². The molecule has 0 bridgehead atoms. The lowest BCUT2D eigenvalue weighted by Crippen LogP contribution is -2.43. The Morgan fingerprint density at radius 3 is 1.87 bits per heavy atom. The lowest BCUT2D eigenvalue weighted by Gasteiger charge is -2.28. The number of quaternary nitrogens is 1. The van der Waals surface area contributed by atoms with Crippen LogP contribution in [-0.4, -0.2) is 55.3 Å². The third-order valence-corrected chi connectivity index (χ3v) is 4.82. The van der Waals surface area contributed by atoms with Crippen LogP contribution >= 0.6 is 0 Å². The predicted molar refractivity (Wildman–Crippen MR) is 124 cm³/mol. The first kappa shape index (κ1) is 28.4. The number of rotatable bonds is 19. The summed E-state index contributed by atoms with van der Waals surface area (Å²) >= 11 is 0. The summed E-state index contributed by atoms with van der Waals surface area (Å²) in [6.45, 7) is 2.72. The van der Waals surface area contributed by atoms with E-state index in [0.29, 0.717) is 11.0 Å². The quantitative estimate of drug-likeness (QED) is 0.0923. The van der Waals surface area contributed by atoms with E-state index in [2.05, 4.69) is 19.1 Å². The Hall–Kier alpha value is -1.62. The molecule has 0 radical (unpaired) electrons. The van der Waals surface area contributed by atoms with Gasteiger partial charge in [0.25, 0.3) is 0 Å². The number of allylic oxidation sites excluding steroid dienone is 3. The summed E-state index contributed by atoms with van der Waals surface area (Å²) in [6.07, 6.45) is 21.8. The molecule has 1 N–H and O–H groups in total. The summed E-state index contributed by atoms with van der Waals surface area (Å²) in [5.74, 6) is -1.41. The van der Waals surface area contributed by atoms with Gasteiger partial charge in [-0.25, -0.2) is 4.79 Å².